The molecule has 0 saturated carbocycles. The van der Waals surface area contributed by atoms with E-state index < -0.39 is 5.91 Å². The van der Waals surface area contributed by atoms with Crippen LogP contribution in [-0.4, -0.2) is 16.8 Å². The van der Waals surface area contributed by atoms with Gasteiger partial charge in [0.1, 0.15) is 12.4 Å². The van der Waals surface area contributed by atoms with Gasteiger partial charge in [-0.05, 0) is 42.0 Å². The van der Waals surface area contributed by atoms with Crippen LogP contribution in [0.3, 0.4) is 0 Å². The molecule has 0 fully saturated rings. The number of aromatic nitrogens is 1. The summed E-state index contributed by atoms with van der Waals surface area (Å²) < 4.78 is 5.70. The van der Waals surface area contributed by atoms with Crippen LogP contribution >= 0.6 is 0 Å². The molecule has 0 saturated heterocycles. The Labute approximate surface area is 162 Å². The minimum atomic E-state index is -0.596. The summed E-state index contributed by atoms with van der Waals surface area (Å²) in [4.78, 5) is 27.5. The number of para-hydroxylation sites is 1. The van der Waals surface area contributed by atoms with Gasteiger partial charge in [-0.2, -0.15) is 0 Å². The van der Waals surface area contributed by atoms with Gasteiger partial charge >= 0.3 is 0 Å². The third-order valence-electron chi connectivity index (χ3n) is 3.89. The van der Waals surface area contributed by atoms with Crippen LogP contribution in [0.25, 0.3) is 6.08 Å². The maximum Gasteiger partial charge on any atom is 0.250 e. The lowest BCUT2D eigenvalue weighted by molar-refractivity contribution is -0.111. The zero-order valence-electron chi connectivity index (χ0n) is 15.0. The van der Waals surface area contributed by atoms with Crippen molar-refractivity contribution in [1.29, 1.82) is 0 Å². The Morgan fingerprint density at radius 1 is 1.04 bits per heavy atom. The highest BCUT2D eigenvalue weighted by Gasteiger charge is 2.08. The predicted molar refractivity (Wildman–Crippen MR) is 108 cm³/mol. The lowest BCUT2D eigenvalue weighted by atomic mass is 10.1. The van der Waals surface area contributed by atoms with Crippen molar-refractivity contribution in [1.82, 2.24) is 4.98 Å². The highest BCUT2D eigenvalue weighted by Crippen LogP contribution is 2.16. The fourth-order valence-corrected chi connectivity index (χ4v) is 2.48. The molecule has 2 aromatic carbocycles. The summed E-state index contributed by atoms with van der Waals surface area (Å²) in [6.45, 7) is 0.435. The molecule has 0 bridgehead atoms. The molecule has 28 heavy (non-hydrogen) atoms. The number of hydrogen-bond acceptors (Lipinski definition) is 4. The molecule has 1 aromatic heterocycles. The highest BCUT2D eigenvalue weighted by atomic mass is 16.5. The number of nitrogens with one attached hydrogen (secondary N) is 1. The van der Waals surface area contributed by atoms with E-state index in [2.05, 4.69) is 10.3 Å². The van der Waals surface area contributed by atoms with Gasteiger partial charge in [-0.25, -0.2) is 0 Å². The van der Waals surface area contributed by atoms with Gasteiger partial charge in [0.25, 0.3) is 5.91 Å². The van der Waals surface area contributed by atoms with Gasteiger partial charge in [-0.15, -0.1) is 0 Å². The van der Waals surface area contributed by atoms with Crippen molar-refractivity contribution in [2.75, 3.05) is 5.32 Å². The van der Waals surface area contributed by atoms with E-state index in [0.29, 0.717) is 12.3 Å². The van der Waals surface area contributed by atoms with Gasteiger partial charge in [0, 0.05) is 24.0 Å². The largest absolute Gasteiger partial charge is 0.489 e. The number of pyridine rings is 1. The summed E-state index contributed by atoms with van der Waals surface area (Å²) in [5.74, 6) is -0.229. The fourth-order valence-electron chi connectivity index (χ4n) is 2.48. The molecule has 0 atom stereocenters. The second kappa shape index (κ2) is 9.14. The van der Waals surface area contributed by atoms with E-state index in [-0.39, 0.29) is 11.5 Å². The highest BCUT2D eigenvalue weighted by molar-refractivity contribution is 6.07. The van der Waals surface area contributed by atoms with Crippen LogP contribution in [-0.2, 0) is 11.4 Å². The monoisotopic (exact) mass is 373 g/mol. The molecule has 6 nitrogen and oxygen atoms in total. The number of carbonyl (C=O) groups excluding carboxylic acids is 2. The second-order valence-corrected chi connectivity index (χ2v) is 5.95. The Kier molecular flexibility index (Phi) is 6.15. The number of anilines is 1. The van der Waals surface area contributed by atoms with E-state index in [1.807, 2.05) is 36.4 Å². The predicted octanol–water partition coefficient (Wildman–Crippen LogP) is 3.41. The van der Waals surface area contributed by atoms with Gasteiger partial charge in [-0.1, -0.05) is 30.3 Å². The molecule has 3 N–H and O–H groups in total. The van der Waals surface area contributed by atoms with Crippen LogP contribution in [0.1, 0.15) is 21.5 Å². The van der Waals surface area contributed by atoms with Crippen LogP contribution in [0.5, 0.6) is 5.75 Å². The topological polar surface area (TPSA) is 94.3 Å². The van der Waals surface area contributed by atoms with Gasteiger partial charge in [0.05, 0.1) is 11.3 Å². The summed E-state index contributed by atoms with van der Waals surface area (Å²) in [5, 5.41) is 2.65. The van der Waals surface area contributed by atoms with Gasteiger partial charge in [-0.3, -0.25) is 14.6 Å². The van der Waals surface area contributed by atoms with Crippen LogP contribution in [0, 0.1) is 0 Å². The average Bonchev–Trinajstić information content (AvgIpc) is 2.72. The van der Waals surface area contributed by atoms with Crippen molar-refractivity contribution >= 4 is 23.6 Å². The van der Waals surface area contributed by atoms with Crippen molar-refractivity contribution in [3.05, 3.63) is 95.8 Å². The summed E-state index contributed by atoms with van der Waals surface area (Å²) >= 11 is 0. The molecule has 0 aliphatic carbocycles. The minimum Gasteiger partial charge on any atom is -0.489 e. The normalized spacial score (nSPS) is 10.6. The number of primary amides is 1. The van der Waals surface area contributed by atoms with Crippen LogP contribution in [0.4, 0.5) is 5.69 Å². The number of hydrogen-bond donors (Lipinski definition) is 2. The molecule has 2 amide bonds. The molecule has 3 aromatic rings. The first-order chi connectivity index (χ1) is 13.6. The Balaban J connectivity index is 1.57. The Bertz CT molecular complexity index is 983. The number of benzene rings is 2. The van der Waals surface area contributed by atoms with E-state index in [1.54, 1.807) is 42.7 Å². The van der Waals surface area contributed by atoms with Crippen LogP contribution in [0.2, 0.25) is 0 Å². The number of nitrogens with two attached hydrogens (primary N) is 1. The lowest BCUT2D eigenvalue weighted by Gasteiger charge is -2.07. The first-order valence-electron chi connectivity index (χ1n) is 8.61. The number of ether oxygens (including phenoxy) is 1. The molecule has 3 rings (SSSR count). The molecule has 1 heterocycles. The fraction of sp³-hybridized carbons (Fsp3) is 0.0455. The number of carbonyl (C=O) groups is 2. The van der Waals surface area contributed by atoms with Gasteiger partial charge < -0.3 is 15.8 Å². The maximum atomic E-state index is 12.1. The van der Waals surface area contributed by atoms with Crippen LogP contribution in [0.15, 0.2) is 79.1 Å². The molecule has 0 aliphatic rings. The van der Waals surface area contributed by atoms with Crippen molar-refractivity contribution < 1.29 is 14.3 Å². The van der Waals surface area contributed by atoms with Gasteiger partial charge in [0.2, 0.25) is 5.91 Å². The number of nitrogens with zero attached hydrogens (tertiary/aromatic N) is 1. The van der Waals surface area contributed by atoms with Crippen LogP contribution < -0.4 is 15.8 Å². The lowest BCUT2D eigenvalue weighted by Crippen LogP contribution is -2.16. The summed E-state index contributed by atoms with van der Waals surface area (Å²) in [7, 11) is 0. The summed E-state index contributed by atoms with van der Waals surface area (Å²) in [5.41, 5.74) is 7.77. The summed E-state index contributed by atoms with van der Waals surface area (Å²) in [6, 6.07) is 17.7. The van der Waals surface area contributed by atoms with Crippen molar-refractivity contribution in [3.63, 3.8) is 0 Å². The summed E-state index contributed by atoms with van der Waals surface area (Å²) in [6.07, 6.45) is 6.54. The Hall–Kier alpha value is -3.93. The second-order valence-electron chi connectivity index (χ2n) is 5.95. The molecule has 6 heteroatoms. The minimum absolute atomic E-state index is 0.263. The number of amides is 2. The Morgan fingerprint density at radius 2 is 1.82 bits per heavy atom. The zero-order chi connectivity index (χ0) is 19.8. The zero-order valence-corrected chi connectivity index (χ0v) is 15.0. The first kappa shape index (κ1) is 18.8. The molecular formula is C22H19N3O3. The maximum absolute atomic E-state index is 12.1. The van der Waals surface area contributed by atoms with E-state index in [9.17, 15) is 9.59 Å². The van der Waals surface area contributed by atoms with Gasteiger partial charge in [0.15, 0.2) is 0 Å². The van der Waals surface area contributed by atoms with E-state index >= 15 is 0 Å². The molecule has 0 unspecified atom stereocenters. The standard InChI is InChI=1S/C22H19N3O3/c23-22(27)19-5-1-2-6-20(19)25-21(26)12-9-16-7-10-18(11-8-16)28-15-17-4-3-13-24-14-17/h1-14H,15H2,(H2,23,27)(H,25,26). The number of rotatable bonds is 7. The third kappa shape index (κ3) is 5.28. The molecule has 0 spiro atoms. The van der Waals surface area contributed by atoms with E-state index in [4.69, 9.17) is 10.5 Å². The SMILES string of the molecule is NC(=O)c1ccccc1NC(=O)C=Cc1ccc(OCc2cccnc2)cc1. The van der Waals surface area contributed by atoms with Crippen molar-refractivity contribution in [3.8, 4) is 5.75 Å². The first-order valence-corrected chi connectivity index (χ1v) is 8.61. The molecule has 0 radical (unpaired) electrons. The van der Waals surface area contributed by atoms with Crippen molar-refractivity contribution in [2.24, 2.45) is 5.73 Å². The third-order valence-corrected chi connectivity index (χ3v) is 3.89. The molecular weight excluding hydrogens is 354 g/mol. The van der Waals surface area contributed by atoms with E-state index in [1.165, 1.54) is 6.08 Å². The Morgan fingerprint density at radius 3 is 2.54 bits per heavy atom. The quantitative estimate of drug-likeness (QED) is 0.621. The molecule has 140 valence electrons. The van der Waals surface area contributed by atoms with Crippen molar-refractivity contribution in [2.45, 2.75) is 6.61 Å². The average molecular weight is 373 g/mol. The molecule has 0 aliphatic heterocycles. The van der Waals surface area contributed by atoms with E-state index in [0.717, 1.165) is 16.9 Å². The smallest absolute Gasteiger partial charge is 0.250 e.